The van der Waals surface area contributed by atoms with Crippen molar-refractivity contribution in [3.63, 3.8) is 0 Å². The van der Waals surface area contributed by atoms with Gasteiger partial charge in [0.2, 0.25) is 10.0 Å². The number of aliphatic hydroxyl groups excluding tert-OH is 1. The lowest BCUT2D eigenvalue weighted by Crippen LogP contribution is -2.45. The molecule has 0 aliphatic heterocycles. The van der Waals surface area contributed by atoms with Gasteiger partial charge in [0, 0.05) is 6.04 Å². The SMILES string of the molecule is Cc1ccc(F)c(S(=O)(=O)NC2CCCCC2O)c1. The molecular formula is C13H18FNO3S. The van der Waals surface area contributed by atoms with Crippen LogP contribution in [0, 0.1) is 12.7 Å². The van der Waals surface area contributed by atoms with Crippen LogP contribution in [0.4, 0.5) is 4.39 Å². The smallest absolute Gasteiger partial charge is 0.243 e. The predicted molar refractivity (Wildman–Crippen MR) is 69.7 cm³/mol. The molecule has 0 saturated heterocycles. The van der Waals surface area contributed by atoms with Crippen molar-refractivity contribution in [2.45, 2.75) is 49.6 Å². The number of rotatable bonds is 3. The number of halogens is 1. The molecule has 2 N–H and O–H groups in total. The summed E-state index contributed by atoms with van der Waals surface area (Å²) in [4.78, 5) is -0.356. The average Bonchev–Trinajstić information content (AvgIpc) is 2.35. The van der Waals surface area contributed by atoms with Crippen LogP contribution in [0.5, 0.6) is 0 Å². The summed E-state index contributed by atoms with van der Waals surface area (Å²) in [6, 6.07) is 3.43. The molecule has 0 radical (unpaired) electrons. The van der Waals surface area contributed by atoms with Gasteiger partial charge in [-0.1, -0.05) is 18.9 Å². The van der Waals surface area contributed by atoms with Crippen LogP contribution < -0.4 is 4.72 Å². The molecule has 2 atom stereocenters. The first-order valence-corrected chi connectivity index (χ1v) is 7.85. The molecule has 0 bridgehead atoms. The van der Waals surface area contributed by atoms with Crippen LogP contribution >= 0.6 is 0 Å². The third-order valence-electron chi connectivity index (χ3n) is 3.41. The molecule has 1 saturated carbocycles. The lowest BCUT2D eigenvalue weighted by molar-refractivity contribution is 0.101. The first-order valence-electron chi connectivity index (χ1n) is 6.37. The Labute approximate surface area is 112 Å². The van der Waals surface area contributed by atoms with Gasteiger partial charge in [-0.2, -0.15) is 0 Å². The molecule has 1 aliphatic carbocycles. The van der Waals surface area contributed by atoms with Crippen LogP contribution in [-0.2, 0) is 10.0 Å². The van der Waals surface area contributed by atoms with E-state index in [4.69, 9.17) is 0 Å². The standard InChI is InChI=1S/C13H18FNO3S/c1-9-6-7-10(14)13(8-9)19(17,18)15-11-4-2-3-5-12(11)16/h6-8,11-12,15-16H,2-5H2,1H3. The summed E-state index contributed by atoms with van der Waals surface area (Å²) in [5.74, 6) is -0.775. The van der Waals surface area contributed by atoms with Gasteiger partial charge in [0.25, 0.3) is 0 Å². The van der Waals surface area contributed by atoms with E-state index in [1.54, 1.807) is 6.92 Å². The first kappa shape index (κ1) is 14.4. The van der Waals surface area contributed by atoms with Crippen molar-refractivity contribution >= 4 is 10.0 Å². The van der Waals surface area contributed by atoms with Gasteiger partial charge in [0.1, 0.15) is 10.7 Å². The van der Waals surface area contributed by atoms with Crippen molar-refractivity contribution in [1.29, 1.82) is 0 Å². The van der Waals surface area contributed by atoms with Crippen molar-refractivity contribution in [1.82, 2.24) is 4.72 Å². The van der Waals surface area contributed by atoms with Gasteiger partial charge in [-0.3, -0.25) is 0 Å². The second-order valence-corrected chi connectivity index (χ2v) is 6.70. The van der Waals surface area contributed by atoms with Crippen molar-refractivity contribution in [2.75, 3.05) is 0 Å². The van der Waals surface area contributed by atoms with E-state index in [1.807, 2.05) is 0 Å². The Balaban J connectivity index is 2.24. The molecule has 1 aromatic rings. The number of hydrogen-bond acceptors (Lipinski definition) is 3. The molecule has 19 heavy (non-hydrogen) atoms. The Morgan fingerprint density at radius 2 is 2.00 bits per heavy atom. The highest BCUT2D eigenvalue weighted by Crippen LogP contribution is 2.22. The minimum Gasteiger partial charge on any atom is -0.391 e. The highest BCUT2D eigenvalue weighted by Gasteiger charge is 2.29. The fraction of sp³-hybridized carbons (Fsp3) is 0.538. The van der Waals surface area contributed by atoms with Crippen LogP contribution in [0.3, 0.4) is 0 Å². The molecule has 2 rings (SSSR count). The zero-order valence-corrected chi connectivity index (χ0v) is 11.6. The number of aliphatic hydroxyl groups is 1. The van der Waals surface area contributed by atoms with Gasteiger partial charge in [-0.15, -0.1) is 0 Å². The summed E-state index contributed by atoms with van der Waals surface area (Å²) in [5.41, 5.74) is 0.672. The van der Waals surface area contributed by atoms with E-state index in [2.05, 4.69) is 4.72 Å². The van der Waals surface area contributed by atoms with Crippen LogP contribution in [0.15, 0.2) is 23.1 Å². The molecule has 1 fully saturated rings. The Hall–Kier alpha value is -0.980. The van der Waals surface area contributed by atoms with Crippen LogP contribution in [0.2, 0.25) is 0 Å². The Morgan fingerprint density at radius 3 is 2.68 bits per heavy atom. The van der Waals surface area contributed by atoms with Crippen molar-refractivity contribution in [3.8, 4) is 0 Å². The zero-order chi connectivity index (χ0) is 14.0. The molecule has 0 heterocycles. The molecule has 1 aliphatic rings. The minimum atomic E-state index is -3.93. The molecule has 0 aromatic heterocycles. The average molecular weight is 287 g/mol. The van der Waals surface area contributed by atoms with Gasteiger partial charge >= 0.3 is 0 Å². The number of nitrogens with one attached hydrogen (secondary N) is 1. The number of benzene rings is 1. The van der Waals surface area contributed by atoms with E-state index in [1.165, 1.54) is 12.1 Å². The summed E-state index contributed by atoms with van der Waals surface area (Å²) in [7, 11) is -3.93. The van der Waals surface area contributed by atoms with E-state index in [0.29, 0.717) is 18.4 Å². The third-order valence-corrected chi connectivity index (χ3v) is 4.92. The molecule has 4 nitrogen and oxygen atoms in total. The van der Waals surface area contributed by atoms with Crippen LogP contribution in [0.25, 0.3) is 0 Å². The third kappa shape index (κ3) is 3.32. The van der Waals surface area contributed by atoms with E-state index in [9.17, 15) is 17.9 Å². The van der Waals surface area contributed by atoms with Crippen molar-refractivity contribution in [3.05, 3.63) is 29.6 Å². The summed E-state index contributed by atoms with van der Waals surface area (Å²) < 4.78 is 40.4. The number of hydrogen-bond donors (Lipinski definition) is 2. The maximum absolute atomic E-state index is 13.6. The van der Waals surface area contributed by atoms with E-state index in [0.717, 1.165) is 18.9 Å². The second-order valence-electron chi connectivity index (χ2n) is 5.01. The quantitative estimate of drug-likeness (QED) is 0.889. The second kappa shape index (κ2) is 5.56. The highest BCUT2D eigenvalue weighted by molar-refractivity contribution is 7.89. The van der Waals surface area contributed by atoms with Crippen LogP contribution in [0.1, 0.15) is 31.2 Å². The molecule has 1 aromatic carbocycles. The number of sulfonamides is 1. The van der Waals surface area contributed by atoms with Gasteiger partial charge < -0.3 is 5.11 Å². The monoisotopic (exact) mass is 287 g/mol. The Bertz CT molecular complexity index is 559. The fourth-order valence-electron chi connectivity index (χ4n) is 2.33. The minimum absolute atomic E-state index is 0.356. The lowest BCUT2D eigenvalue weighted by Gasteiger charge is -2.28. The molecule has 2 unspecified atom stereocenters. The van der Waals surface area contributed by atoms with E-state index >= 15 is 0 Å². The molecule has 0 spiro atoms. The fourth-order valence-corrected chi connectivity index (χ4v) is 3.79. The van der Waals surface area contributed by atoms with Crippen molar-refractivity contribution in [2.24, 2.45) is 0 Å². The van der Waals surface area contributed by atoms with Crippen LogP contribution in [-0.4, -0.2) is 25.7 Å². The first-order chi connectivity index (χ1) is 8.90. The number of aryl methyl sites for hydroxylation is 1. The van der Waals surface area contributed by atoms with Gasteiger partial charge in [0.05, 0.1) is 6.10 Å². The zero-order valence-electron chi connectivity index (χ0n) is 10.8. The molecule has 0 amide bonds. The summed E-state index contributed by atoms with van der Waals surface area (Å²) >= 11 is 0. The highest BCUT2D eigenvalue weighted by atomic mass is 32.2. The Kier molecular flexibility index (Phi) is 4.23. The molecule has 6 heteroatoms. The van der Waals surface area contributed by atoms with Crippen molar-refractivity contribution < 1.29 is 17.9 Å². The Morgan fingerprint density at radius 1 is 1.32 bits per heavy atom. The summed E-state index contributed by atoms with van der Waals surface area (Å²) in [5, 5.41) is 9.78. The maximum atomic E-state index is 13.6. The molecular weight excluding hydrogens is 269 g/mol. The molecule has 106 valence electrons. The maximum Gasteiger partial charge on any atom is 0.243 e. The summed E-state index contributed by atoms with van der Waals surface area (Å²) in [6.45, 7) is 1.70. The predicted octanol–water partition coefficient (Wildman–Crippen LogP) is 1.72. The van der Waals surface area contributed by atoms with Gasteiger partial charge in [0.15, 0.2) is 0 Å². The van der Waals surface area contributed by atoms with Gasteiger partial charge in [-0.25, -0.2) is 17.5 Å². The largest absolute Gasteiger partial charge is 0.391 e. The van der Waals surface area contributed by atoms with E-state index < -0.39 is 28.0 Å². The lowest BCUT2D eigenvalue weighted by atomic mass is 9.93. The normalized spacial score (nSPS) is 24.4. The van der Waals surface area contributed by atoms with Gasteiger partial charge in [-0.05, 0) is 37.5 Å². The topological polar surface area (TPSA) is 66.4 Å². The van der Waals surface area contributed by atoms with E-state index in [-0.39, 0.29) is 4.90 Å². The summed E-state index contributed by atoms with van der Waals surface area (Å²) in [6.07, 6.45) is 2.20.